The average Bonchev–Trinajstić information content (AvgIpc) is 2.11. The lowest BCUT2D eigenvalue weighted by Crippen LogP contribution is -2.27. The first-order chi connectivity index (χ1) is 6.99. The SMILES string of the molecule is CCCC(CCO)CNCCC(C)(C)C. The second-order valence-electron chi connectivity index (χ2n) is 5.68. The van der Waals surface area contributed by atoms with Gasteiger partial charge < -0.3 is 10.4 Å². The molecule has 0 aliphatic heterocycles. The predicted molar refractivity (Wildman–Crippen MR) is 67.0 cm³/mol. The fourth-order valence-electron chi connectivity index (χ4n) is 1.71. The van der Waals surface area contributed by atoms with Gasteiger partial charge in [-0.3, -0.25) is 0 Å². The van der Waals surface area contributed by atoms with Crippen LogP contribution in [0.25, 0.3) is 0 Å². The first-order valence-corrected chi connectivity index (χ1v) is 6.31. The third-order valence-corrected chi connectivity index (χ3v) is 2.72. The van der Waals surface area contributed by atoms with Gasteiger partial charge in [0.15, 0.2) is 0 Å². The first kappa shape index (κ1) is 14.9. The molecule has 0 aromatic carbocycles. The van der Waals surface area contributed by atoms with Crippen LogP contribution in [0, 0.1) is 11.3 Å². The van der Waals surface area contributed by atoms with E-state index < -0.39 is 0 Å². The molecule has 1 unspecified atom stereocenters. The Morgan fingerprint density at radius 1 is 1.20 bits per heavy atom. The fourth-order valence-corrected chi connectivity index (χ4v) is 1.71. The lowest BCUT2D eigenvalue weighted by atomic mass is 9.92. The van der Waals surface area contributed by atoms with Gasteiger partial charge in [0.2, 0.25) is 0 Å². The summed E-state index contributed by atoms with van der Waals surface area (Å²) in [6.45, 7) is 11.5. The van der Waals surface area contributed by atoms with Crippen molar-refractivity contribution in [3.63, 3.8) is 0 Å². The molecule has 1 atom stereocenters. The molecule has 0 aliphatic carbocycles. The molecule has 92 valence electrons. The summed E-state index contributed by atoms with van der Waals surface area (Å²) in [4.78, 5) is 0. The third-order valence-electron chi connectivity index (χ3n) is 2.72. The molecule has 0 aromatic rings. The molecule has 0 saturated carbocycles. The van der Waals surface area contributed by atoms with Gasteiger partial charge in [0.25, 0.3) is 0 Å². The van der Waals surface area contributed by atoms with Crippen molar-refractivity contribution in [2.24, 2.45) is 11.3 Å². The Morgan fingerprint density at radius 3 is 2.33 bits per heavy atom. The summed E-state index contributed by atoms with van der Waals surface area (Å²) in [5.41, 5.74) is 0.421. The van der Waals surface area contributed by atoms with Gasteiger partial charge in [-0.2, -0.15) is 0 Å². The van der Waals surface area contributed by atoms with Gasteiger partial charge in [0, 0.05) is 6.61 Å². The monoisotopic (exact) mass is 215 g/mol. The van der Waals surface area contributed by atoms with E-state index in [0.717, 1.165) is 19.5 Å². The van der Waals surface area contributed by atoms with E-state index in [0.29, 0.717) is 17.9 Å². The Kier molecular flexibility index (Phi) is 8.07. The molecule has 0 aromatic heterocycles. The summed E-state index contributed by atoms with van der Waals surface area (Å²) < 4.78 is 0. The van der Waals surface area contributed by atoms with Crippen molar-refractivity contribution in [1.82, 2.24) is 5.32 Å². The van der Waals surface area contributed by atoms with Crippen molar-refractivity contribution in [3.8, 4) is 0 Å². The number of aliphatic hydroxyl groups is 1. The Bertz CT molecular complexity index is 134. The highest BCUT2D eigenvalue weighted by Gasteiger charge is 2.10. The second-order valence-corrected chi connectivity index (χ2v) is 5.68. The summed E-state index contributed by atoms with van der Waals surface area (Å²) in [7, 11) is 0. The van der Waals surface area contributed by atoms with Crippen LogP contribution in [0.1, 0.15) is 53.4 Å². The normalized spacial score (nSPS) is 14.2. The smallest absolute Gasteiger partial charge is 0.0434 e. The molecular weight excluding hydrogens is 186 g/mol. The van der Waals surface area contributed by atoms with Crippen molar-refractivity contribution in [3.05, 3.63) is 0 Å². The highest BCUT2D eigenvalue weighted by molar-refractivity contribution is 4.66. The lowest BCUT2D eigenvalue weighted by molar-refractivity contribution is 0.246. The van der Waals surface area contributed by atoms with E-state index in [1.807, 2.05) is 0 Å². The number of nitrogens with one attached hydrogen (secondary N) is 1. The van der Waals surface area contributed by atoms with Crippen molar-refractivity contribution >= 4 is 0 Å². The minimum absolute atomic E-state index is 0.325. The van der Waals surface area contributed by atoms with Gasteiger partial charge in [-0.05, 0) is 43.7 Å². The van der Waals surface area contributed by atoms with Gasteiger partial charge in [-0.1, -0.05) is 34.1 Å². The highest BCUT2D eigenvalue weighted by atomic mass is 16.3. The summed E-state index contributed by atoms with van der Waals surface area (Å²) in [6, 6.07) is 0. The van der Waals surface area contributed by atoms with Gasteiger partial charge in [-0.15, -0.1) is 0 Å². The van der Waals surface area contributed by atoms with Crippen LogP contribution in [0.4, 0.5) is 0 Å². The zero-order chi connectivity index (χ0) is 11.7. The molecule has 0 heterocycles. The molecule has 2 N–H and O–H groups in total. The maximum atomic E-state index is 8.92. The van der Waals surface area contributed by atoms with Crippen LogP contribution in [0.3, 0.4) is 0 Å². The molecule has 0 rings (SSSR count). The van der Waals surface area contributed by atoms with Crippen LogP contribution in [0.2, 0.25) is 0 Å². The Morgan fingerprint density at radius 2 is 1.87 bits per heavy atom. The quantitative estimate of drug-likeness (QED) is 0.610. The van der Waals surface area contributed by atoms with Gasteiger partial charge in [-0.25, -0.2) is 0 Å². The van der Waals surface area contributed by atoms with Crippen molar-refractivity contribution < 1.29 is 5.11 Å². The maximum absolute atomic E-state index is 8.92. The van der Waals surface area contributed by atoms with E-state index in [1.54, 1.807) is 0 Å². The molecule has 2 nitrogen and oxygen atoms in total. The summed E-state index contributed by atoms with van der Waals surface area (Å²) >= 11 is 0. The van der Waals surface area contributed by atoms with Crippen molar-refractivity contribution in [1.29, 1.82) is 0 Å². The van der Waals surface area contributed by atoms with E-state index in [1.165, 1.54) is 19.3 Å². The molecular formula is C13H29NO. The molecule has 0 spiro atoms. The number of hydrogen-bond acceptors (Lipinski definition) is 2. The Hall–Kier alpha value is -0.0800. The molecule has 0 bridgehead atoms. The van der Waals surface area contributed by atoms with Gasteiger partial charge in [0.05, 0.1) is 0 Å². The van der Waals surface area contributed by atoms with Crippen LogP contribution in [-0.2, 0) is 0 Å². The van der Waals surface area contributed by atoms with Crippen LogP contribution in [0.15, 0.2) is 0 Å². The fraction of sp³-hybridized carbons (Fsp3) is 1.00. The molecule has 0 amide bonds. The molecule has 2 heteroatoms. The summed E-state index contributed by atoms with van der Waals surface area (Å²) in [5, 5.41) is 12.4. The third kappa shape index (κ3) is 10.2. The minimum atomic E-state index is 0.325. The van der Waals surface area contributed by atoms with E-state index in [2.05, 4.69) is 33.0 Å². The zero-order valence-corrected chi connectivity index (χ0v) is 11.0. The number of aliphatic hydroxyl groups excluding tert-OH is 1. The van der Waals surface area contributed by atoms with E-state index in [4.69, 9.17) is 5.11 Å². The minimum Gasteiger partial charge on any atom is -0.396 e. The van der Waals surface area contributed by atoms with E-state index >= 15 is 0 Å². The molecule has 15 heavy (non-hydrogen) atoms. The second kappa shape index (κ2) is 8.12. The number of rotatable bonds is 8. The maximum Gasteiger partial charge on any atom is 0.0434 e. The lowest BCUT2D eigenvalue weighted by Gasteiger charge is -2.20. The van der Waals surface area contributed by atoms with E-state index in [9.17, 15) is 0 Å². The average molecular weight is 215 g/mol. The van der Waals surface area contributed by atoms with Gasteiger partial charge >= 0.3 is 0 Å². The molecule has 0 saturated heterocycles. The molecule has 0 fully saturated rings. The largest absolute Gasteiger partial charge is 0.396 e. The van der Waals surface area contributed by atoms with Crippen molar-refractivity contribution in [2.45, 2.75) is 53.4 Å². The Labute approximate surface area is 95.5 Å². The predicted octanol–water partition coefficient (Wildman–Crippen LogP) is 2.81. The van der Waals surface area contributed by atoms with Crippen LogP contribution in [0.5, 0.6) is 0 Å². The van der Waals surface area contributed by atoms with Crippen molar-refractivity contribution in [2.75, 3.05) is 19.7 Å². The summed E-state index contributed by atoms with van der Waals surface area (Å²) in [5.74, 6) is 0.653. The highest BCUT2D eigenvalue weighted by Crippen LogP contribution is 2.17. The van der Waals surface area contributed by atoms with Crippen LogP contribution >= 0.6 is 0 Å². The Balaban J connectivity index is 3.52. The van der Waals surface area contributed by atoms with Crippen LogP contribution in [-0.4, -0.2) is 24.8 Å². The topological polar surface area (TPSA) is 32.3 Å². The van der Waals surface area contributed by atoms with E-state index in [-0.39, 0.29) is 0 Å². The first-order valence-electron chi connectivity index (χ1n) is 6.31. The van der Waals surface area contributed by atoms with Crippen LogP contribution < -0.4 is 5.32 Å². The molecule has 0 radical (unpaired) electrons. The standard InChI is InChI=1S/C13H29NO/c1-5-6-12(7-10-15)11-14-9-8-13(2,3)4/h12,14-15H,5-11H2,1-4H3. The zero-order valence-electron chi connectivity index (χ0n) is 11.0. The summed E-state index contributed by atoms with van der Waals surface area (Å²) in [6.07, 6.45) is 4.59. The molecule has 0 aliphatic rings. The van der Waals surface area contributed by atoms with Gasteiger partial charge in [0.1, 0.15) is 0 Å². The number of hydrogen-bond donors (Lipinski definition) is 2.